The third-order valence-corrected chi connectivity index (χ3v) is 1.64. The number of hydrazine groups is 1. The summed E-state index contributed by atoms with van der Waals surface area (Å²) in [5, 5.41) is 1.63. The van der Waals surface area contributed by atoms with Gasteiger partial charge in [0.2, 0.25) is 0 Å². The Morgan fingerprint density at radius 3 is 2.55 bits per heavy atom. The number of hydroxylamine groups is 2. The molecule has 11 heavy (non-hydrogen) atoms. The molecule has 0 radical (unpaired) electrons. The summed E-state index contributed by atoms with van der Waals surface area (Å²) in [6.07, 6.45) is 2.78. The van der Waals surface area contributed by atoms with Gasteiger partial charge in [-0.05, 0) is 12.8 Å². The van der Waals surface area contributed by atoms with Crippen LogP contribution in [0.25, 0.3) is 0 Å². The highest BCUT2D eigenvalue weighted by Crippen LogP contribution is 2.08. The minimum Gasteiger partial charge on any atom is -0.350 e. The number of nitrogens with two attached hydrogens (primary N) is 1. The molecule has 1 amide bonds. The molecule has 1 rings (SSSR count). The number of carbonyl (C=O) groups is 1. The second-order valence-electron chi connectivity index (χ2n) is 2.51. The fourth-order valence-corrected chi connectivity index (χ4v) is 1.10. The zero-order chi connectivity index (χ0) is 8.10. The molecule has 0 aromatic rings. The van der Waals surface area contributed by atoms with Crippen molar-refractivity contribution in [2.75, 3.05) is 13.1 Å². The van der Waals surface area contributed by atoms with Gasteiger partial charge in [0.25, 0.3) is 0 Å². The van der Waals surface area contributed by atoms with Crippen molar-refractivity contribution in [3.8, 4) is 0 Å². The predicted molar refractivity (Wildman–Crippen MR) is 39.2 cm³/mol. The van der Waals surface area contributed by atoms with Gasteiger partial charge in [0.15, 0.2) is 0 Å². The number of piperidine rings is 1. The lowest BCUT2D eigenvalue weighted by molar-refractivity contribution is -0.110. The molecule has 0 unspecified atom stereocenters. The Balaban J connectivity index is 2.19. The molecule has 3 N–H and O–H groups in total. The first-order valence-electron chi connectivity index (χ1n) is 3.76. The zero-order valence-electron chi connectivity index (χ0n) is 6.38. The van der Waals surface area contributed by atoms with Crippen LogP contribution in [0.4, 0.5) is 4.79 Å². The molecule has 0 atom stereocenters. The monoisotopic (exact) mass is 159 g/mol. The van der Waals surface area contributed by atoms with E-state index in [1.807, 2.05) is 5.43 Å². The van der Waals surface area contributed by atoms with Crippen LogP contribution in [0, 0.1) is 0 Å². The van der Waals surface area contributed by atoms with Crippen LogP contribution in [0.2, 0.25) is 0 Å². The molecule has 0 bridgehead atoms. The summed E-state index contributed by atoms with van der Waals surface area (Å²) in [6, 6.07) is 0. The van der Waals surface area contributed by atoms with E-state index in [1.165, 1.54) is 6.42 Å². The summed E-state index contributed by atoms with van der Waals surface area (Å²) in [6.45, 7) is 1.63. The Kier molecular flexibility index (Phi) is 3.13. The lowest BCUT2D eigenvalue weighted by atomic mass is 10.2. The molecule has 1 aliphatic heterocycles. The van der Waals surface area contributed by atoms with Gasteiger partial charge in [0.1, 0.15) is 0 Å². The van der Waals surface area contributed by atoms with Gasteiger partial charge in [0, 0.05) is 13.1 Å². The van der Waals surface area contributed by atoms with E-state index in [-0.39, 0.29) is 0 Å². The van der Waals surface area contributed by atoms with Crippen LogP contribution >= 0.6 is 0 Å². The SMILES string of the molecule is NNC(=O)ON1CCCCC1. The highest BCUT2D eigenvalue weighted by atomic mass is 16.7. The summed E-state index contributed by atoms with van der Waals surface area (Å²) in [7, 11) is 0. The Hall–Kier alpha value is -0.810. The van der Waals surface area contributed by atoms with Crippen LogP contribution < -0.4 is 11.3 Å². The maximum atomic E-state index is 10.6. The maximum absolute atomic E-state index is 10.6. The van der Waals surface area contributed by atoms with Gasteiger partial charge in [0.05, 0.1) is 0 Å². The highest BCUT2D eigenvalue weighted by Gasteiger charge is 2.13. The third-order valence-electron chi connectivity index (χ3n) is 1.64. The van der Waals surface area contributed by atoms with E-state index in [0.717, 1.165) is 25.9 Å². The maximum Gasteiger partial charge on any atom is 0.440 e. The van der Waals surface area contributed by atoms with Crippen LogP contribution in [-0.4, -0.2) is 24.2 Å². The minimum atomic E-state index is -0.591. The summed E-state index contributed by atoms with van der Waals surface area (Å²) in [4.78, 5) is 15.4. The third kappa shape index (κ3) is 2.73. The van der Waals surface area contributed by atoms with Crippen molar-refractivity contribution < 1.29 is 9.63 Å². The molecule has 1 saturated heterocycles. The Morgan fingerprint density at radius 2 is 2.00 bits per heavy atom. The van der Waals surface area contributed by atoms with E-state index in [4.69, 9.17) is 10.7 Å². The summed E-state index contributed by atoms with van der Waals surface area (Å²) >= 11 is 0. The van der Waals surface area contributed by atoms with E-state index < -0.39 is 6.09 Å². The molecule has 0 spiro atoms. The van der Waals surface area contributed by atoms with Crippen LogP contribution in [0.15, 0.2) is 0 Å². The van der Waals surface area contributed by atoms with Crippen molar-refractivity contribution in [3.05, 3.63) is 0 Å². The van der Waals surface area contributed by atoms with Crippen LogP contribution in [0.5, 0.6) is 0 Å². The van der Waals surface area contributed by atoms with E-state index in [0.29, 0.717) is 0 Å². The van der Waals surface area contributed by atoms with Crippen LogP contribution in [0.1, 0.15) is 19.3 Å². The zero-order valence-corrected chi connectivity index (χ0v) is 6.38. The molecule has 64 valence electrons. The highest BCUT2D eigenvalue weighted by molar-refractivity contribution is 5.65. The molecule has 1 heterocycles. The minimum absolute atomic E-state index is 0.591. The largest absolute Gasteiger partial charge is 0.440 e. The first kappa shape index (κ1) is 8.29. The number of nitrogens with one attached hydrogen (secondary N) is 1. The number of amides is 1. The van der Waals surface area contributed by atoms with E-state index >= 15 is 0 Å². The Morgan fingerprint density at radius 1 is 1.36 bits per heavy atom. The first-order chi connectivity index (χ1) is 5.33. The second kappa shape index (κ2) is 4.15. The number of carbonyl (C=O) groups excluding carboxylic acids is 1. The molecule has 1 aliphatic rings. The lowest BCUT2D eigenvalue weighted by Crippen LogP contribution is -2.39. The molecule has 5 nitrogen and oxygen atoms in total. The number of hydrogen-bond acceptors (Lipinski definition) is 4. The molecule has 0 aromatic heterocycles. The van der Waals surface area contributed by atoms with Gasteiger partial charge < -0.3 is 4.84 Å². The van der Waals surface area contributed by atoms with Crippen molar-refractivity contribution in [2.45, 2.75) is 19.3 Å². The standard InChI is InChI=1S/C6H13N3O2/c7-8-6(10)11-9-4-2-1-3-5-9/h1-5,7H2,(H,8,10). The van der Waals surface area contributed by atoms with Gasteiger partial charge in [-0.15, -0.1) is 5.06 Å². The fraction of sp³-hybridized carbons (Fsp3) is 0.833. The number of nitrogens with zero attached hydrogens (tertiary/aromatic N) is 1. The smallest absolute Gasteiger partial charge is 0.350 e. The van der Waals surface area contributed by atoms with Gasteiger partial charge in [-0.2, -0.15) is 0 Å². The van der Waals surface area contributed by atoms with Gasteiger partial charge in [-0.3, -0.25) is 5.43 Å². The first-order valence-corrected chi connectivity index (χ1v) is 3.76. The summed E-state index contributed by atoms with van der Waals surface area (Å²) in [5.41, 5.74) is 1.91. The van der Waals surface area contributed by atoms with E-state index in [1.54, 1.807) is 5.06 Å². The average molecular weight is 159 g/mol. The normalized spacial score (nSPS) is 19.4. The van der Waals surface area contributed by atoms with Crippen molar-refractivity contribution in [2.24, 2.45) is 5.84 Å². The van der Waals surface area contributed by atoms with Gasteiger partial charge in [-0.25, -0.2) is 10.6 Å². The summed E-state index contributed by atoms with van der Waals surface area (Å²) in [5.74, 6) is 4.84. The van der Waals surface area contributed by atoms with Gasteiger partial charge in [-0.1, -0.05) is 6.42 Å². The topological polar surface area (TPSA) is 67.6 Å². The van der Waals surface area contributed by atoms with Gasteiger partial charge >= 0.3 is 6.09 Å². The molecule has 1 fully saturated rings. The molecule has 0 saturated carbocycles. The molecular weight excluding hydrogens is 146 g/mol. The quantitative estimate of drug-likeness (QED) is 0.321. The van der Waals surface area contributed by atoms with Crippen molar-refractivity contribution in [1.29, 1.82) is 0 Å². The average Bonchev–Trinajstić information content (AvgIpc) is 2.06. The molecular formula is C6H13N3O2. The van der Waals surface area contributed by atoms with Crippen molar-refractivity contribution >= 4 is 6.09 Å². The van der Waals surface area contributed by atoms with Crippen molar-refractivity contribution in [3.63, 3.8) is 0 Å². The number of rotatable bonds is 1. The van der Waals surface area contributed by atoms with Crippen LogP contribution in [0.3, 0.4) is 0 Å². The number of hydrogen-bond donors (Lipinski definition) is 2. The molecule has 5 heteroatoms. The summed E-state index contributed by atoms with van der Waals surface area (Å²) < 4.78 is 0. The second-order valence-corrected chi connectivity index (χ2v) is 2.51. The lowest BCUT2D eigenvalue weighted by Gasteiger charge is -2.24. The Labute approximate surface area is 65.4 Å². The fourth-order valence-electron chi connectivity index (χ4n) is 1.10. The van der Waals surface area contributed by atoms with E-state index in [2.05, 4.69) is 0 Å². The molecule has 0 aromatic carbocycles. The predicted octanol–water partition coefficient (Wildman–Crippen LogP) is -0.0128. The van der Waals surface area contributed by atoms with Crippen molar-refractivity contribution in [1.82, 2.24) is 10.5 Å². The van der Waals surface area contributed by atoms with E-state index in [9.17, 15) is 4.79 Å². The Bertz CT molecular complexity index is 134. The molecule has 0 aliphatic carbocycles. The van der Waals surface area contributed by atoms with Crippen LogP contribution in [-0.2, 0) is 4.84 Å².